The highest BCUT2D eigenvalue weighted by atomic mass is 35.5. The molecule has 0 aliphatic rings. The van der Waals surface area contributed by atoms with E-state index in [0.717, 1.165) is 25.1 Å². The van der Waals surface area contributed by atoms with Crippen molar-refractivity contribution in [2.24, 2.45) is 0 Å². The zero-order valence-corrected chi connectivity index (χ0v) is 20.0. The van der Waals surface area contributed by atoms with Crippen molar-refractivity contribution in [1.82, 2.24) is 10.3 Å². The third kappa shape index (κ3) is 9.08. The van der Waals surface area contributed by atoms with Crippen LogP contribution < -0.4 is 10.0 Å². The highest BCUT2D eigenvalue weighted by Crippen LogP contribution is 2.24. The number of allylic oxidation sites excluding steroid dienone is 2. The summed E-state index contributed by atoms with van der Waals surface area (Å²) >= 11 is 6.04. The first-order valence-corrected chi connectivity index (χ1v) is 12.2. The maximum atomic E-state index is 12.8. The predicted molar refractivity (Wildman–Crippen MR) is 134 cm³/mol. The highest BCUT2D eigenvalue weighted by Gasteiger charge is 2.18. The van der Waals surface area contributed by atoms with Crippen molar-refractivity contribution in [2.45, 2.75) is 26.7 Å². The maximum Gasteiger partial charge on any atom is 0.236 e. The second kappa shape index (κ2) is 14.2. The molecule has 0 atom stereocenters. The minimum absolute atomic E-state index is 0.178. The monoisotopic (exact) mass is 475 g/mol. The fourth-order valence-electron chi connectivity index (χ4n) is 2.65. The molecule has 0 aliphatic carbocycles. The molecule has 0 saturated heterocycles. The van der Waals surface area contributed by atoms with E-state index in [9.17, 15) is 13.2 Å². The molecule has 0 unspecified atom stereocenters. The number of nitrogens with one attached hydrogen (secondary N) is 2. The number of nitrogens with zero attached hydrogens (tertiary/aromatic N) is 1. The van der Waals surface area contributed by atoms with Gasteiger partial charge in [-0.2, -0.15) is 0 Å². The summed E-state index contributed by atoms with van der Waals surface area (Å²) in [5.41, 5.74) is 1.64. The smallest absolute Gasteiger partial charge is 0.236 e. The summed E-state index contributed by atoms with van der Waals surface area (Å²) in [6.07, 6.45) is 10.1. The molecule has 32 heavy (non-hydrogen) atoms. The molecular formula is C24H30ClN3O3S. The number of carbonyl (C=O) groups is 1. The van der Waals surface area contributed by atoms with Gasteiger partial charge in [0, 0.05) is 40.8 Å². The summed E-state index contributed by atoms with van der Waals surface area (Å²) in [5.74, 6) is -0.571. The minimum Gasteiger partial charge on any atom is -0.385 e. The van der Waals surface area contributed by atoms with E-state index < -0.39 is 10.0 Å². The number of hydrogen-bond donors (Lipinski definition) is 2. The van der Waals surface area contributed by atoms with Crippen LogP contribution in [0.3, 0.4) is 0 Å². The van der Waals surface area contributed by atoms with Gasteiger partial charge in [-0.1, -0.05) is 37.6 Å². The van der Waals surface area contributed by atoms with Gasteiger partial charge in [0.05, 0.1) is 11.4 Å². The molecular weight excluding hydrogens is 446 g/mol. The molecule has 2 N–H and O–H groups in total. The number of halogens is 1. The number of rotatable bonds is 11. The Bertz CT molecular complexity index is 1040. The average molecular weight is 476 g/mol. The van der Waals surface area contributed by atoms with Crippen LogP contribution in [0.15, 0.2) is 79.8 Å². The molecule has 1 aromatic carbocycles. The molecule has 0 bridgehead atoms. The van der Waals surface area contributed by atoms with Crippen LogP contribution in [-0.4, -0.2) is 31.5 Å². The molecule has 8 heteroatoms. The van der Waals surface area contributed by atoms with E-state index in [0.29, 0.717) is 10.6 Å². The van der Waals surface area contributed by atoms with Gasteiger partial charge in [-0.25, -0.2) is 8.42 Å². The molecule has 0 amide bonds. The lowest BCUT2D eigenvalue weighted by Gasteiger charge is -2.12. The Morgan fingerprint density at radius 3 is 2.47 bits per heavy atom. The first-order chi connectivity index (χ1) is 15.4. The average Bonchev–Trinajstić information content (AvgIpc) is 2.80. The van der Waals surface area contributed by atoms with Gasteiger partial charge in [-0.15, -0.1) is 13.2 Å². The lowest BCUT2D eigenvalue weighted by molar-refractivity contribution is 0.103. The number of benzene rings is 1. The number of sulfonamides is 1. The van der Waals surface area contributed by atoms with Crippen LogP contribution >= 0.6 is 11.6 Å². The molecule has 0 saturated carbocycles. The molecule has 1 aromatic heterocycles. The molecule has 1 heterocycles. The van der Waals surface area contributed by atoms with Crippen LogP contribution in [-0.2, 0) is 10.0 Å². The Hall–Kier alpha value is -2.90. The number of hydrogen-bond acceptors (Lipinski definition) is 5. The van der Waals surface area contributed by atoms with Gasteiger partial charge in [0.2, 0.25) is 10.0 Å². The molecule has 172 valence electrons. The lowest BCUT2D eigenvalue weighted by Crippen LogP contribution is -2.18. The molecule has 2 rings (SSSR count). The number of pyridine rings is 1. The lowest BCUT2D eigenvalue weighted by atomic mass is 10.0. The first-order valence-electron chi connectivity index (χ1n) is 10.2. The van der Waals surface area contributed by atoms with Gasteiger partial charge in [0.25, 0.3) is 0 Å². The van der Waals surface area contributed by atoms with Crippen LogP contribution in [0.4, 0.5) is 5.69 Å². The molecule has 0 aliphatic heterocycles. The summed E-state index contributed by atoms with van der Waals surface area (Å²) in [7, 11) is -3.72. The van der Waals surface area contributed by atoms with Crippen molar-refractivity contribution >= 4 is 33.1 Å². The summed E-state index contributed by atoms with van der Waals surface area (Å²) in [6.45, 7) is 10.9. The fraction of sp³-hybridized carbons (Fsp3) is 0.250. The summed E-state index contributed by atoms with van der Waals surface area (Å²) in [6, 6.07) is 7.61. The number of ketones is 1. The minimum atomic E-state index is -3.72. The number of carbonyl (C=O) groups excluding carboxylic acids is 1. The second-order valence-electron chi connectivity index (χ2n) is 6.54. The van der Waals surface area contributed by atoms with Crippen molar-refractivity contribution in [2.75, 3.05) is 17.0 Å². The highest BCUT2D eigenvalue weighted by molar-refractivity contribution is 7.92. The molecule has 6 nitrogen and oxygen atoms in total. The molecule has 0 spiro atoms. The largest absolute Gasteiger partial charge is 0.385 e. The van der Waals surface area contributed by atoms with E-state index in [2.05, 4.69) is 35.1 Å². The summed E-state index contributed by atoms with van der Waals surface area (Å²) < 4.78 is 27.7. The molecule has 2 aromatic rings. The molecule has 0 radical (unpaired) electrons. The summed E-state index contributed by atoms with van der Waals surface area (Å²) in [4.78, 5) is 16.7. The van der Waals surface area contributed by atoms with E-state index in [-0.39, 0.29) is 22.8 Å². The Morgan fingerprint density at radius 1 is 1.16 bits per heavy atom. The van der Waals surface area contributed by atoms with E-state index in [4.69, 9.17) is 11.6 Å². The van der Waals surface area contributed by atoms with Gasteiger partial charge in [-0.3, -0.25) is 14.5 Å². The third-order valence-corrected chi connectivity index (χ3v) is 5.45. The number of anilines is 1. The third-order valence-electron chi connectivity index (χ3n) is 4.05. The van der Waals surface area contributed by atoms with Crippen molar-refractivity contribution in [3.63, 3.8) is 0 Å². The Morgan fingerprint density at radius 2 is 1.84 bits per heavy atom. The van der Waals surface area contributed by atoms with Gasteiger partial charge >= 0.3 is 0 Å². The standard InChI is InChI=1S/C22H26ClN3O3S.C2H4/c1-3-6-19(25-12-4-2)7-5-15-30(28,29)26-21-9-8-18(23)16-20(21)22(27)17-10-13-24-14-11-17;1-2/h5-11,13-14,16,25-26H,3-4,12,15H2,1-2H3;1-2H2/b7-5-,19-6+;. The van der Waals surface area contributed by atoms with Gasteiger partial charge in [-0.05, 0) is 49.2 Å². The van der Waals surface area contributed by atoms with Gasteiger partial charge in [0.1, 0.15) is 0 Å². The predicted octanol–water partition coefficient (Wildman–Crippen LogP) is 5.36. The SMILES string of the molecule is C=C.CC/C=C(\C=C/CS(=O)(=O)Nc1ccc(Cl)cc1C(=O)c1ccncc1)NCCC. The van der Waals surface area contributed by atoms with Crippen LogP contribution in [0.25, 0.3) is 0 Å². The van der Waals surface area contributed by atoms with Crippen LogP contribution in [0, 0.1) is 0 Å². The van der Waals surface area contributed by atoms with Crippen molar-refractivity contribution < 1.29 is 13.2 Å². The fourth-order valence-corrected chi connectivity index (χ4v) is 3.77. The van der Waals surface area contributed by atoms with Crippen molar-refractivity contribution in [3.05, 3.63) is 96.0 Å². The summed E-state index contributed by atoms with van der Waals surface area (Å²) in [5, 5.41) is 3.59. The van der Waals surface area contributed by atoms with E-state index in [1.54, 1.807) is 24.3 Å². The number of aromatic nitrogens is 1. The Kier molecular flexibility index (Phi) is 12.1. The topological polar surface area (TPSA) is 88.2 Å². The quantitative estimate of drug-likeness (QED) is 0.259. The van der Waals surface area contributed by atoms with Crippen LogP contribution in [0.5, 0.6) is 0 Å². The maximum absolute atomic E-state index is 12.8. The second-order valence-corrected chi connectivity index (χ2v) is 8.74. The Labute approximate surface area is 196 Å². The van der Waals surface area contributed by atoms with E-state index in [1.165, 1.54) is 30.6 Å². The van der Waals surface area contributed by atoms with Crippen LogP contribution in [0.1, 0.15) is 42.6 Å². The van der Waals surface area contributed by atoms with Gasteiger partial charge < -0.3 is 5.32 Å². The Balaban J connectivity index is 0.00000249. The van der Waals surface area contributed by atoms with E-state index >= 15 is 0 Å². The first kappa shape index (κ1) is 27.1. The van der Waals surface area contributed by atoms with Gasteiger partial charge in [0.15, 0.2) is 5.78 Å². The zero-order chi connectivity index (χ0) is 24.0. The molecule has 0 fully saturated rings. The van der Waals surface area contributed by atoms with Crippen molar-refractivity contribution in [1.29, 1.82) is 0 Å². The zero-order valence-electron chi connectivity index (χ0n) is 18.5. The normalized spacial score (nSPS) is 11.5. The van der Waals surface area contributed by atoms with Crippen LogP contribution in [0.2, 0.25) is 5.02 Å². The van der Waals surface area contributed by atoms with Crippen molar-refractivity contribution in [3.8, 4) is 0 Å². The van der Waals surface area contributed by atoms with E-state index in [1.807, 2.05) is 13.0 Å².